The molecule has 2 rings (SSSR count). The fourth-order valence-corrected chi connectivity index (χ4v) is 1.68. The second-order valence-electron chi connectivity index (χ2n) is 4.36. The number of amides is 1. The van der Waals surface area contributed by atoms with E-state index in [1.165, 1.54) is 18.4 Å². The third-order valence-electron chi connectivity index (χ3n) is 2.74. The number of hydrogen-bond donors (Lipinski definition) is 1. The van der Waals surface area contributed by atoms with E-state index >= 15 is 0 Å². The Balaban J connectivity index is 1.91. The number of hydrogen-bond acceptors (Lipinski definition) is 3. The Bertz CT molecular complexity index is 535. The molecule has 0 aliphatic carbocycles. The third-order valence-corrected chi connectivity index (χ3v) is 2.74. The summed E-state index contributed by atoms with van der Waals surface area (Å²) in [4.78, 5) is 11.9. The Hall–Kier alpha value is -2.30. The van der Waals surface area contributed by atoms with Gasteiger partial charge in [0.2, 0.25) is 5.91 Å². The van der Waals surface area contributed by atoms with Crippen molar-refractivity contribution in [3.63, 3.8) is 0 Å². The summed E-state index contributed by atoms with van der Waals surface area (Å²) < 4.78 is 23.2. The normalized spacial score (nSPS) is 14.9. The van der Waals surface area contributed by atoms with Gasteiger partial charge in [0.25, 0.3) is 0 Å². The van der Waals surface area contributed by atoms with Gasteiger partial charge in [0.1, 0.15) is 31.1 Å². The maximum Gasteiger partial charge on any atom is 0.247 e. The van der Waals surface area contributed by atoms with Crippen LogP contribution in [-0.4, -0.2) is 25.7 Å². The lowest BCUT2D eigenvalue weighted by molar-refractivity contribution is -0.117. The van der Waals surface area contributed by atoms with Crippen molar-refractivity contribution in [2.24, 2.45) is 0 Å². The van der Waals surface area contributed by atoms with Crippen LogP contribution in [-0.2, 0) is 14.3 Å². The van der Waals surface area contributed by atoms with Crippen molar-refractivity contribution in [3.8, 4) is 0 Å². The zero-order valence-electron chi connectivity index (χ0n) is 11.2. The molecule has 0 aromatic heterocycles. The molecule has 0 radical (unpaired) electrons. The summed E-state index contributed by atoms with van der Waals surface area (Å²) in [5.74, 6) is 0.0919. The van der Waals surface area contributed by atoms with Gasteiger partial charge in [-0.15, -0.1) is 0 Å². The topological polar surface area (TPSA) is 47.6 Å². The molecular formula is C15H16FNO3. The van der Waals surface area contributed by atoms with E-state index in [1.54, 1.807) is 25.1 Å². The van der Waals surface area contributed by atoms with Crippen molar-refractivity contribution >= 4 is 12.0 Å². The lowest BCUT2D eigenvalue weighted by Gasteiger charge is -2.15. The van der Waals surface area contributed by atoms with E-state index in [1.807, 2.05) is 0 Å². The lowest BCUT2D eigenvalue weighted by Crippen LogP contribution is -2.28. The van der Waals surface area contributed by atoms with Gasteiger partial charge < -0.3 is 14.8 Å². The van der Waals surface area contributed by atoms with Crippen LogP contribution in [0, 0.1) is 5.82 Å². The van der Waals surface area contributed by atoms with Gasteiger partial charge in [-0.05, 0) is 30.7 Å². The number of carbonyl (C=O) groups excluding carboxylic acids is 1. The van der Waals surface area contributed by atoms with Crippen LogP contribution >= 0.6 is 0 Å². The first-order chi connectivity index (χ1) is 9.65. The van der Waals surface area contributed by atoms with Crippen LogP contribution in [0.15, 0.2) is 41.9 Å². The molecule has 1 heterocycles. The maximum absolute atomic E-state index is 12.8. The highest BCUT2D eigenvalue weighted by Gasteiger charge is 2.08. The molecule has 0 saturated carbocycles. The Morgan fingerprint density at radius 3 is 2.75 bits per heavy atom. The number of halogens is 1. The highest BCUT2D eigenvalue weighted by molar-refractivity contribution is 5.97. The standard InChI is InChI=1S/C15H16FNO3/c1-11(8-12-2-4-13(16)5-3-12)15(18)17-9-14-10-19-6-7-20-14/h2-5,8,10H,6-7,9H2,1H3,(H,17,18). The minimum Gasteiger partial charge on any atom is -0.494 e. The highest BCUT2D eigenvalue weighted by Crippen LogP contribution is 2.09. The van der Waals surface area contributed by atoms with E-state index in [-0.39, 0.29) is 18.3 Å². The summed E-state index contributed by atoms with van der Waals surface area (Å²) in [6.07, 6.45) is 3.20. The smallest absolute Gasteiger partial charge is 0.247 e. The van der Waals surface area contributed by atoms with Crippen molar-refractivity contribution in [2.45, 2.75) is 6.92 Å². The first-order valence-electron chi connectivity index (χ1n) is 6.30. The second kappa shape index (κ2) is 6.75. The lowest BCUT2D eigenvalue weighted by atomic mass is 10.1. The maximum atomic E-state index is 12.8. The van der Waals surface area contributed by atoms with Crippen molar-refractivity contribution < 1.29 is 18.7 Å². The molecule has 0 spiro atoms. The fourth-order valence-electron chi connectivity index (χ4n) is 1.68. The molecule has 106 valence electrons. The molecule has 1 aromatic carbocycles. The molecule has 4 nitrogen and oxygen atoms in total. The summed E-state index contributed by atoms with van der Waals surface area (Å²) in [7, 11) is 0. The van der Waals surface area contributed by atoms with Gasteiger partial charge in [0, 0.05) is 5.57 Å². The molecule has 0 fully saturated rings. The zero-order chi connectivity index (χ0) is 14.4. The summed E-state index contributed by atoms with van der Waals surface area (Å²) >= 11 is 0. The van der Waals surface area contributed by atoms with Gasteiger partial charge in [0.15, 0.2) is 0 Å². The summed E-state index contributed by atoms with van der Waals surface area (Å²) in [6.45, 7) is 3.01. The molecule has 0 atom stereocenters. The van der Waals surface area contributed by atoms with Gasteiger partial charge in [-0.1, -0.05) is 12.1 Å². The van der Waals surface area contributed by atoms with Crippen LogP contribution in [0.5, 0.6) is 0 Å². The Kier molecular flexibility index (Phi) is 4.76. The van der Waals surface area contributed by atoms with Crippen LogP contribution in [0.3, 0.4) is 0 Å². The Labute approximate surface area is 116 Å². The summed E-state index contributed by atoms with van der Waals surface area (Å²) in [5.41, 5.74) is 1.31. The molecule has 5 heteroatoms. The Morgan fingerprint density at radius 2 is 2.10 bits per heavy atom. The van der Waals surface area contributed by atoms with E-state index < -0.39 is 0 Å². The van der Waals surface area contributed by atoms with Crippen LogP contribution in [0.1, 0.15) is 12.5 Å². The van der Waals surface area contributed by atoms with Crippen LogP contribution < -0.4 is 5.32 Å². The van der Waals surface area contributed by atoms with E-state index in [4.69, 9.17) is 9.47 Å². The van der Waals surface area contributed by atoms with E-state index in [0.717, 1.165) is 5.56 Å². The van der Waals surface area contributed by atoms with Gasteiger partial charge in [-0.3, -0.25) is 4.79 Å². The minimum atomic E-state index is -0.300. The van der Waals surface area contributed by atoms with Crippen LogP contribution in [0.25, 0.3) is 6.08 Å². The number of rotatable bonds is 4. The van der Waals surface area contributed by atoms with Crippen molar-refractivity contribution in [1.82, 2.24) is 5.32 Å². The van der Waals surface area contributed by atoms with Gasteiger partial charge in [0.05, 0.1) is 6.54 Å². The van der Waals surface area contributed by atoms with Crippen LogP contribution in [0.2, 0.25) is 0 Å². The van der Waals surface area contributed by atoms with E-state index in [0.29, 0.717) is 24.5 Å². The number of ether oxygens (including phenoxy) is 2. The molecule has 0 saturated heterocycles. The molecule has 0 unspecified atom stereocenters. The second-order valence-corrected chi connectivity index (χ2v) is 4.36. The fraction of sp³-hybridized carbons (Fsp3) is 0.267. The van der Waals surface area contributed by atoms with Crippen molar-refractivity contribution in [3.05, 3.63) is 53.2 Å². The number of carbonyl (C=O) groups is 1. The van der Waals surface area contributed by atoms with Crippen LogP contribution in [0.4, 0.5) is 4.39 Å². The largest absolute Gasteiger partial charge is 0.494 e. The van der Waals surface area contributed by atoms with Crippen molar-refractivity contribution in [2.75, 3.05) is 19.8 Å². The Morgan fingerprint density at radius 1 is 1.35 bits per heavy atom. The SMILES string of the molecule is CC(=Cc1ccc(F)cc1)C(=O)NCC1=COCCO1. The molecule has 1 aliphatic rings. The first kappa shape index (κ1) is 14.1. The minimum absolute atomic E-state index is 0.204. The molecule has 0 bridgehead atoms. The van der Waals surface area contributed by atoms with E-state index in [2.05, 4.69) is 5.32 Å². The van der Waals surface area contributed by atoms with Gasteiger partial charge >= 0.3 is 0 Å². The highest BCUT2D eigenvalue weighted by atomic mass is 19.1. The first-order valence-corrected chi connectivity index (χ1v) is 6.30. The molecule has 1 N–H and O–H groups in total. The van der Waals surface area contributed by atoms with Gasteiger partial charge in [-0.25, -0.2) is 4.39 Å². The predicted octanol–water partition coefficient (Wildman–Crippen LogP) is 2.23. The van der Waals surface area contributed by atoms with Crippen molar-refractivity contribution in [1.29, 1.82) is 0 Å². The average molecular weight is 277 g/mol. The quantitative estimate of drug-likeness (QED) is 0.859. The number of benzene rings is 1. The molecule has 1 aliphatic heterocycles. The monoisotopic (exact) mass is 277 g/mol. The van der Waals surface area contributed by atoms with E-state index in [9.17, 15) is 9.18 Å². The third kappa shape index (κ3) is 4.12. The summed E-state index contributed by atoms with van der Waals surface area (Å²) in [5, 5.41) is 2.73. The average Bonchev–Trinajstić information content (AvgIpc) is 2.48. The predicted molar refractivity (Wildman–Crippen MR) is 73.0 cm³/mol. The molecule has 1 aromatic rings. The molecular weight excluding hydrogens is 261 g/mol. The molecule has 1 amide bonds. The summed E-state index contributed by atoms with van der Waals surface area (Å²) in [6, 6.07) is 5.95. The zero-order valence-corrected chi connectivity index (χ0v) is 11.2. The molecule has 20 heavy (non-hydrogen) atoms. The number of nitrogens with one attached hydrogen (secondary N) is 1. The van der Waals surface area contributed by atoms with Gasteiger partial charge in [-0.2, -0.15) is 0 Å².